The first-order valence-electron chi connectivity index (χ1n) is 7.50. The van der Waals surface area contributed by atoms with E-state index in [4.69, 9.17) is 11.2 Å². The first kappa shape index (κ1) is 21.3. The van der Waals surface area contributed by atoms with Crippen molar-refractivity contribution >= 4 is 34.1 Å². The number of ether oxygens (including phenoxy) is 1. The molecule has 0 aliphatic rings. The van der Waals surface area contributed by atoms with Crippen LogP contribution in [0, 0.1) is 12.3 Å². The number of benzene rings is 1. The van der Waals surface area contributed by atoms with Crippen molar-refractivity contribution in [3.05, 3.63) is 17.7 Å². The largest absolute Gasteiger partial charge is 0.436 e. The lowest BCUT2D eigenvalue weighted by Crippen LogP contribution is -2.30. The molecule has 6 nitrogen and oxygen atoms in total. The van der Waals surface area contributed by atoms with Crippen molar-refractivity contribution in [3.63, 3.8) is 0 Å². The second kappa shape index (κ2) is 7.23. The SMILES string of the molecule is C#CCOC(=O)Nc1ccc(S(C)(=O)=O)c(C(C)(C)C)c1P(C)(C)=O. The number of carbonyl (C=O) groups excluding carboxylic acids is 1. The highest BCUT2D eigenvalue weighted by atomic mass is 32.2. The van der Waals surface area contributed by atoms with E-state index in [1.165, 1.54) is 25.5 Å². The lowest BCUT2D eigenvalue weighted by Gasteiger charge is -2.29. The summed E-state index contributed by atoms with van der Waals surface area (Å²) >= 11 is 0. The predicted molar refractivity (Wildman–Crippen MR) is 101 cm³/mol. The summed E-state index contributed by atoms with van der Waals surface area (Å²) in [6.45, 7) is 8.34. The monoisotopic (exact) mass is 385 g/mol. The summed E-state index contributed by atoms with van der Waals surface area (Å²) in [5.74, 6) is 2.18. The van der Waals surface area contributed by atoms with Crippen LogP contribution in [0.5, 0.6) is 0 Å². The van der Waals surface area contributed by atoms with E-state index in [0.29, 0.717) is 10.9 Å². The Hall–Kier alpha value is -1.77. The molecule has 1 aromatic rings. The minimum atomic E-state index is -3.55. The quantitative estimate of drug-likeness (QED) is 0.636. The summed E-state index contributed by atoms with van der Waals surface area (Å²) in [6.07, 6.45) is 5.36. The second-order valence-electron chi connectivity index (χ2n) is 7.11. The van der Waals surface area contributed by atoms with E-state index in [-0.39, 0.29) is 17.2 Å². The molecule has 0 saturated carbocycles. The number of hydrogen-bond donors (Lipinski definition) is 1. The molecular weight excluding hydrogens is 361 g/mol. The molecular formula is C17H24NO5PS. The van der Waals surface area contributed by atoms with Crippen LogP contribution in [0.3, 0.4) is 0 Å². The number of hydrogen-bond acceptors (Lipinski definition) is 5. The topological polar surface area (TPSA) is 89.5 Å². The third kappa shape index (κ3) is 5.35. The van der Waals surface area contributed by atoms with E-state index >= 15 is 0 Å². The zero-order chi connectivity index (χ0) is 19.6. The van der Waals surface area contributed by atoms with Crippen molar-refractivity contribution in [2.75, 3.05) is 31.5 Å². The van der Waals surface area contributed by atoms with Gasteiger partial charge in [0.2, 0.25) is 0 Å². The Morgan fingerprint density at radius 3 is 2.28 bits per heavy atom. The van der Waals surface area contributed by atoms with Gasteiger partial charge in [-0.2, -0.15) is 0 Å². The van der Waals surface area contributed by atoms with Crippen LogP contribution in [0.25, 0.3) is 0 Å². The molecule has 0 aromatic heterocycles. The summed E-state index contributed by atoms with van der Waals surface area (Å²) in [5, 5.41) is 2.84. The van der Waals surface area contributed by atoms with E-state index in [1.807, 2.05) is 20.8 Å². The standard InChI is InChI=1S/C17H24NO5PS/c1-8-11-23-16(19)18-12-9-10-13(25(7,21)22)14(17(2,3)4)15(12)24(5,6)20/h1,9-10H,11H2,2-7H3,(H,18,19). The van der Waals surface area contributed by atoms with Gasteiger partial charge in [0.25, 0.3) is 0 Å². The fourth-order valence-corrected chi connectivity index (χ4v) is 5.39. The maximum Gasteiger partial charge on any atom is 0.412 e. The fraction of sp³-hybridized carbons (Fsp3) is 0.471. The van der Waals surface area contributed by atoms with Gasteiger partial charge in [0.1, 0.15) is 7.14 Å². The van der Waals surface area contributed by atoms with Crippen LogP contribution >= 0.6 is 7.14 Å². The highest BCUT2D eigenvalue weighted by Gasteiger charge is 2.33. The van der Waals surface area contributed by atoms with Gasteiger partial charge in [-0.15, -0.1) is 6.42 Å². The molecule has 0 aliphatic carbocycles. The van der Waals surface area contributed by atoms with Crippen LogP contribution in [0.4, 0.5) is 10.5 Å². The van der Waals surface area contributed by atoms with Crippen LogP contribution in [-0.4, -0.2) is 40.7 Å². The van der Waals surface area contributed by atoms with Gasteiger partial charge in [0.15, 0.2) is 16.4 Å². The number of rotatable bonds is 4. The van der Waals surface area contributed by atoms with Crippen LogP contribution in [-0.2, 0) is 24.6 Å². The minimum Gasteiger partial charge on any atom is -0.436 e. The predicted octanol–water partition coefficient (Wildman–Crippen LogP) is 2.82. The van der Waals surface area contributed by atoms with Crippen molar-refractivity contribution in [2.45, 2.75) is 31.1 Å². The third-order valence-electron chi connectivity index (χ3n) is 3.35. The maximum absolute atomic E-state index is 13.0. The summed E-state index contributed by atoms with van der Waals surface area (Å²) < 4.78 is 42.2. The smallest absolute Gasteiger partial charge is 0.412 e. The van der Waals surface area contributed by atoms with E-state index in [2.05, 4.69) is 11.2 Å². The van der Waals surface area contributed by atoms with Crippen LogP contribution in [0.1, 0.15) is 26.3 Å². The molecule has 1 amide bonds. The number of nitrogens with one attached hydrogen (secondary N) is 1. The number of sulfone groups is 1. The van der Waals surface area contributed by atoms with Gasteiger partial charge in [-0.25, -0.2) is 13.2 Å². The Kier molecular flexibility index (Phi) is 6.15. The Labute approximate surface area is 149 Å². The molecule has 0 bridgehead atoms. The summed E-state index contributed by atoms with van der Waals surface area (Å²) in [4.78, 5) is 12.0. The Balaban J connectivity index is 3.76. The molecule has 0 fully saturated rings. The van der Waals surface area contributed by atoms with E-state index in [9.17, 15) is 17.8 Å². The van der Waals surface area contributed by atoms with Gasteiger partial charge in [-0.3, -0.25) is 5.32 Å². The highest BCUT2D eigenvalue weighted by Crippen LogP contribution is 2.44. The van der Waals surface area contributed by atoms with E-state index in [0.717, 1.165) is 6.26 Å². The van der Waals surface area contributed by atoms with Gasteiger partial charge < -0.3 is 9.30 Å². The third-order valence-corrected chi connectivity index (χ3v) is 6.03. The number of terminal acetylenes is 1. The normalized spacial score (nSPS) is 12.4. The van der Waals surface area contributed by atoms with Crippen LogP contribution < -0.4 is 10.6 Å². The van der Waals surface area contributed by atoms with Gasteiger partial charge in [0.05, 0.1) is 10.6 Å². The van der Waals surface area contributed by atoms with E-state index < -0.39 is 28.5 Å². The molecule has 0 radical (unpaired) electrons. The summed E-state index contributed by atoms with van der Waals surface area (Å²) in [6, 6.07) is 2.84. The van der Waals surface area contributed by atoms with Crippen molar-refractivity contribution in [3.8, 4) is 12.3 Å². The molecule has 1 N–H and O–H groups in total. The minimum absolute atomic E-state index is 0.0986. The zero-order valence-electron chi connectivity index (χ0n) is 15.3. The van der Waals surface area contributed by atoms with Crippen molar-refractivity contribution in [2.24, 2.45) is 0 Å². The van der Waals surface area contributed by atoms with Gasteiger partial charge >= 0.3 is 6.09 Å². The first-order valence-corrected chi connectivity index (χ1v) is 12.0. The zero-order valence-corrected chi connectivity index (χ0v) is 17.0. The molecule has 0 saturated heterocycles. The molecule has 0 aliphatic heterocycles. The first-order chi connectivity index (χ1) is 11.2. The van der Waals surface area contributed by atoms with Gasteiger partial charge in [-0.05, 0) is 36.4 Å². The molecule has 0 spiro atoms. The average Bonchev–Trinajstić information content (AvgIpc) is 2.41. The van der Waals surface area contributed by atoms with Crippen LogP contribution in [0.15, 0.2) is 17.0 Å². The molecule has 0 unspecified atom stereocenters. The molecule has 25 heavy (non-hydrogen) atoms. The number of amides is 1. The van der Waals surface area contributed by atoms with Crippen molar-refractivity contribution < 1.29 is 22.5 Å². The number of carbonyl (C=O) groups is 1. The van der Waals surface area contributed by atoms with Crippen molar-refractivity contribution in [1.82, 2.24) is 0 Å². The molecule has 8 heteroatoms. The lowest BCUT2D eigenvalue weighted by atomic mass is 9.86. The molecule has 1 rings (SSSR count). The Morgan fingerprint density at radius 2 is 1.88 bits per heavy atom. The molecule has 0 atom stereocenters. The van der Waals surface area contributed by atoms with E-state index in [1.54, 1.807) is 0 Å². The van der Waals surface area contributed by atoms with Gasteiger partial charge in [0, 0.05) is 11.6 Å². The molecule has 0 heterocycles. The molecule has 138 valence electrons. The highest BCUT2D eigenvalue weighted by molar-refractivity contribution is 7.90. The Morgan fingerprint density at radius 1 is 1.32 bits per heavy atom. The lowest BCUT2D eigenvalue weighted by molar-refractivity contribution is 0.176. The van der Waals surface area contributed by atoms with Crippen LogP contribution in [0.2, 0.25) is 0 Å². The second-order valence-corrected chi connectivity index (χ2v) is 12.2. The average molecular weight is 385 g/mol. The van der Waals surface area contributed by atoms with Crippen molar-refractivity contribution in [1.29, 1.82) is 0 Å². The maximum atomic E-state index is 13.0. The molecule has 1 aromatic carbocycles. The number of anilines is 1. The van der Waals surface area contributed by atoms with Gasteiger partial charge in [-0.1, -0.05) is 26.7 Å². The fourth-order valence-electron chi connectivity index (χ4n) is 2.52. The summed E-state index contributed by atoms with van der Waals surface area (Å²) in [7, 11) is -6.49. The Bertz CT molecular complexity index is 870. The summed E-state index contributed by atoms with van der Waals surface area (Å²) in [5.41, 5.74) is 0.0706.